The van der Waals surface area contributed by atoms with Crippen molar-refractivity contribution in [3.05, 3.63) is 0 Å². The van der Waals surface area contributed by atoms with Gasteiger partial charge < -0.3 is 18.0 Å². The molecule has 0 spiro atoms. The van der Waals surface area contributed by atoms with E-state index in [4.69, 9.17) is 8.85 Å². The predicted octanol–water partition coefficient (Wildman–Crippen LogP) is 7.54. The molecule has 0 unspecified atom stereocenters. The Morgan fingerprint density at radius 2 is 0.750 bits per heavy atom. The average Bonchev–Trinajstić information content (AvgIpc) is 2.50. The number of amides is 2. The third-order valence-corrected chi connectivity index (χ3v) is 10.5. The Bertz CT molecular complexity index is 539. The summed E-state index contributed by atoms with van der Waals surface area (Å²) in [5, 5.41) is 0. The van der Waals surface area contributed by atoms with Crippen LogP contribution in [0.1, 0.15) is 38.5 Å². The van der Waals surface area contributed by atoms with E-state index < -0.39 is 33.1 Å². The largest absolute Gasteiger partial charge is 0.505 e. The molecule has 0 fully saturated rings. The van der Waals surface area contributed by atoms with E-state index in [9.17, 15) is 9.59 Å². The highest BCUT2D eigenvalue weighted by atomic mass is 28.4. The highest BCUT2D eigenvalue weighted by molar-refractivity contribution is 6.77. The number of carbonyl (C=O) groups is 2. The smallest absolute Gasteiger partial charge is 0.388 e. The second kappa shape index (κ2) is 12.8. The zero-order valence-electron chi connectivity index (χ0n) is 23.2. The lowest BCUT2D eigenvalue weighted by Gasteiger charge is -2.36. The SMILES string of the molecule is C[Si](C)(C)OC(=O)N(CCCCCCCCN(C(=O)O[Si](C)(C)C)[Si](C)(C)C)[Si](C)(C)C. The first-order valence-corrected chi connectivity index (χ1v) is 26.0. The summed E-state index contributed by atoms with van der Waals surface area (Å²) in [5.41, 5.74) is 0. The molecular weight excluding hydrogens is 469 g/mol. The summed E-state index contributed by atoms with van der Waals surface area (Å²) in [6.45, 7) is 27.2. The van der Waals surface area contributed by atoms with Gasteiger partial charge in [0.1, 0.15) is 0 Å². The van der Waals surface area contributed by atoms with Crippen molar-refractivity contribution in [3.8, 4) is 0 Å². The van der Waals surface area contributed by atoms with Crippen molar-refractivity contribution in [1.82, 2.24) is 9.13 Å². The molecule has 0 aliphatic rings. The van der Waals surface area contributed by atoms with Crippen LogP contribution in [0.5, 0.6) is 0 Å². The molecule has 190 valence electrons. The minimum Gasteiger partial charge on any atom is -0.505 e. The van der Waals surface area contributed by atoms with Crippen LogP contribution in [0.3, 0.4) is 0 Å². The Kier molecular flexibility index (Phi) is 12.5. The van der Waals surface area contributed by atoms with Crippen molar-refractivity contribution >= 4 is 45.3 Å². The Balaban J connectivity index is 4.39. The molecule has 6 nitrogen and oxygen atoms in total. The van der Waals surface area contributed by atoms with Crippen molar-refractivity contribution in [1.29, 1.82) is 0 Å². The highest BCUT2D eigenvalue weighted by Crippen LogP contribution is 2.18. The molecule has 0 N–H and O–H groups in total. The van der Waals surface area contributed by atoms with Crippen LogP contribution in [0.2, 0.25) is 78.6 Å². The monoisotopic (exact) mass is 520 g/mol. The zero-order chi connectivity index (χ0) is 25.4. The molecular formula is C22H52N2O4Si4. The van der Waals surface area contributed by atoms with E-state index in [1.165, 1.54) is 0 Å². The van der Waals surface area contributed by atoms with E-state index in [0.29, 0.717) is 0 Å². The summed E-state index contributed by atoms with van der Waals surface area (Å²) < 4.78 is 15.5. The first-order valence-electron chi connectivity index (χ1n) is 12.3. The number of nitrogens with zero attached hydrogens (tertiary/aromatic N) is 2. The molecule has 10 heteroatoms. The van der Waals surface area contributed by atoms with Crippen LogP contribution in [0.15, 0.2) is 0 Å². The molecule has 0 saturated carbocycles. The van der Waals surface area contributed by atoms with Crippen LogP contribution in [0, 0.1) is 0 Å². The molecule has 0 aromatic carbocycles. The summed E-state index contributed by atoms with van der Waals surface area (Å²) >= 11 is 0. The van der Waals surface area contributed by atoms with E-state index in [1.807, 2.05) is 9.13 Å². The molecule has 0 radical (unpaired) electrons. The fourth-order valence-corrected chi connectivity index (χ4v) is 7.58. The summed E-state index contributed by atoms with van der Waals surface area (Å²) in [6, 6.07) is 0. The van der Waals surface area contributed by atoms with E-state index in [0.717, 1.165) is 51.6 Å². The van der Waals surface area contributed by atoms with Crippen LogP contribution in [-0.2, 0) is 8.85 Å². The lowest BCUT2D eigenvalue weighted by Crippen LogP contribution is -2.52. The molecule has 0 aromatic heterocycles. The lowest BCUT2D eigenvalue weighted by atomic mass is 10.1. The topological polar surface area (TPSA) is 59.1 Å². The van der Waals surface area contributed by atoms with Crippen molar-refractivity contribution in [2.24, 2.45) is 0 Å². The summed E-state index contributed by atoms with van der Waals surface area (Å²) in [6.07, 6.45) is 6.39. The van der Waals surface area contributed by atoms with Crippen LogP contribution < -0.4 is 0 Å². The van der Waals surface area contributed by atoms with Crippen molar-refractivity contribution in [3.63, 3.8) is 0 Å². The zero-order valence-corrected chi connectivity index (χ0v) is 27.2. The molecule has 0 aliphatic carbocycles. The van der Waals surface area contributed by atoms with Gasteiger partial charge in [-0.25, -0.2) is 9.59 Å². The maximum Gasteiger partial charge on any atom is 0.388 e. The maximum absolute atomic E-state index is 12.6. The molecule has 0 bridgehead atoms. The first kappa shape index (κ1) is 31.4. The van der Waals surface area contributed by atoms with Gasteiger partial charge in [0.2, 0.25) is 16.6 Å². The number of hydrogen-bond acceptors (Lipinski definition) is 4. The summed E-state index contributed by atoms with van der Waals surface area (Å²) in [5.74, 6) is 0. The molecule has 0 aromatic rings. The number of carbonyl (C=O) groups excluding carboxylic acids is 2. The second-order valence-corrected chi connectivity index (χ2v) is 31.3. The Morgan fingerprint density at radius 1 is 0.500 bits per heavy atom. The molecule has 2 amide bonds. The molecule has 0 heterocycles. The van der Waals surface area contributed by atoms with E-state index in [2.05, 4.69) is 78.6 Å². The fraction of sp³-hybridized carbons (Fsp3) is 0.909. The van der Waals surface area contributed by atoms with Crippen LogP contribution in [0.25, 0.3) is 0 Å². The quantitative estimate of drug-likeness (QED) is 0.186. The highest BCUT2D eigenvalue weighted by Gasteiger charge is 2.33. The van der Waals surface area contributed by atoms with E-state index in [1.54, 1.807) is 0 Å². The standard InChI is InChI=1S/C22H52N2O4Si4/c1-29(2,3)23(21(25)27-31(7,8)9)19-17-15-13-14-16-18-20-24(30(4,5)6)22(26)28-32(10,11)12/h13-20H2,1-12H3. The molecule has 0 rings (SSSR count). The average molecular weight is 521 g/mol. The van der Waals surface area contributed by atoms with Crippen molar-refractivity contribution < 1.29 is 18.4 Å². The normalized spacial score (nSPS) is 13.0. The summed E-state index contributed by atoms with van der Waals surface area (Å²) in [4.78, 5) is 25.3. The second-order valence-electron chi connectivity index (χ2n) is 12.7. The van der Waals surface area contributed by atoms with Crippen LogP contribution in [-0.4, -0.2) is 67.5 Å². The van der Waals surface area contributed by atoms with Gasteiger partial charge in [-0.15, -0.1) is 0 Å². The van der Waals surface area contributed by atoms with E-state index >= 15 is 0 Å². The number of unbranched alkanes of at least 4 members (excludes halogenated alkanes) is 5. The van der Waals surface area contributed by atoms with Gasteiger partial charge >= 0.3 is 12.2 Å². The van der Waals surface area contributed by atoms with Gasteiger partial charge in [-0.05, 0) is 52.1 Å². The van der Waals surface area contributed by atoms with Gasteiger partial charge in [0.15, 0.2) is 16.5 Å². The Labute approximate surface area is 202 Å². The van der Waals surface area contributed by atoms with Gasteiger partial charge in [0, 0.05) is 13.1 Å². The molecule has 0 saturated heterocycles. The summed E-state index contributed by atoms with van der Waals surface area (Å²) in [7, 11) is -7.26. The van der Waals surface area contributed by atoms with Crippen LogP contribution >= 0.6 is 0 Å². The van der Waals surface area contributed by atoms with E-state index in [-0.39, 0.29) is 12.2 Å². The van der Waals surface area contributed by atoms with Gasteiger partial charge in [-0.3, -0.25) is 0 Å². The van der Waals surface area contributed by atoms with Crippen molar-refractivity contribution in [2.45, 2.75) is 117 Å². The Morgan fingerprint density at radius 3 is 0.969 bits per heavy atom. The number of rotatable bonds is 13. The third kappa shape index (κ3) is 14.5. The molecule has 0 atom stereocenters. The maximum atomic E-state index is 12.6. The number of hydrogen-bond donors (Lipinski definition) is 0. The van der Waals surface area contributed by atoms with Gasteiger partial charge in [-0.1, -0.05) is 65.0 Å². The van der Waals surface area contributed by atoms with Gasteiger partial charge in [0.25, 0.3) is 0 Å². The molecule has 32 heavy (non-hydrogen) atoms. The van der Waals surface area contributed by atoms with Gasteiger partial charge in [0.05, 0.1) is 0 Å². The van der Waals surface area contributed by atoms with Gasteiger partial charge in [-0.2, -0.15) is 0 Å². The third-order valence-electron chi connectivity index (χ3n) is 4.86. The molecule has 0 aliphatic heterocycles. The van der Waals surface area contributed by atoms with Crippen LogP contribution in [0.4, 0.5) is 9.59 Å². The fourth-order valence-electron chi connectivity index (χ4n) is 3.28. The lowest BCUT2D eigenvalue weighted by molar-refractivity contribution is 0.172. The minimum atomic E-state index is -1.88. The Hall–Kier alpha value is -0.592. The predicted molar refractivity (Wildman–Crippen MR) is 147 cm³/mol. The first-order chi connectivity index (χ1) is 14.2. The minimum absolute atomic E-state index is 0.111. The van der Waals surface area contributed by atoms with Crippen molar-refractivity contribution in [2.75, 3.05) is 13.1 Å².